The van der Waals surface area contributed by atoms with Crippen LogP contribution in [0.25, 0.3) is 0 Å². The average Bonchev–Trinajstić information content (AvgIpc) is 3.19. The van der Waals surface area contributed by atoms with E-state index in [0.717, 1.165) is 18.4 Å². The van der Waals surface area contributed by atoms with Crippen LogP contribution < -0.4 is 4.72 Å². The molecular formula is C13H19NO3S. The van der Waals surface area contributed by atoms with E-state index >= 15 is 0 Å². The van der Waals surface area contributed by atoms with E-state index < -0.39 is 16.1 Å². The second kappa shape index (κ2) is 5.82. The summed E-state index contributed by atoms with van der Waals surface area (Å²) in [6, 6.07) is 9.52. The number of nitrogens with one attached hydrogen (secondary N) is 1. The molecule has 2 rings (SSSR count). The van der Waals surface area contributed by atoms with Crippen molar-refractivity contribution in [2.75, 3.05) is 12.3 Å². The van der Waals surface area contributed by atoms with Crippen molar-refractivity contribution in [1.82, 2.24) is 4.72 Å². The lowest BCUT2D eigenvalue weighted by Gasteiger charge is -2.11. The number of hydrogen-bond acceptors (Lipinski definition) is 3. The van der Waals surface area contributed by atoms with Crippen LogP contribution in [0.2, 0.25) is 0 Å². The van der Waals surface area contributed by atoms with Crippen LogP contribution in [0.1, 0.15) is 18.4 Å². The molecule has 0 aromatic heterocycles. The van der Waals surface area contributed by atoms with Crippen molar-refractivity contribution in [1.29, 1.82) is 0 Å². The first-order valence-corrected chi connectivity index (χ1v) is 7.91. The van der Waals surface area contributed by atoms with Crippen molar-refractivity contribution in [3.8, 4) is 0 Å². The minimum atomic E-state index is -3.29. The summed E-state index contributed by atoms with van der Waals surface area (Å²) in [4.78, 5) is 0. The third-order valence-corrected chi connectivity index (χ3v) is 4.53. The summed E-state index contributed by atoms with van der Waals surface area (Å²) in [5, 5.41) is 9.61. The molecule has 0 heterocycles. The van der Waals surface area contributed by atoms with Gasteiger partial charge in [-0.2, -0.15) is 0 Å². The topological polar surface area (TPSA) is 66.4 Å². The Morgan fingerprint density at radius 1 is 1.28 bits per heavy atom. The van der Waals surface area contributed by atoms with Gasteiger partial charge in [-0.25, -0.2) is 13.1 Å². The van der Waals surface area contributed by atoms with E-state index in [9.17, 15) is 13.5 Å². The molecular weight excluding hydrogens is 250 g/mol. The van der Waals surface area contributed by atoms with Crippen LogP contribution >= 0.6 is 0 Å². The minimum Gasteiger partial charge on any atom is -0.391 e. The molecule has 1 aromatic carbocycles. The van der Waals surface area contributed by atoms with Crippen molar-refractivity contribution in [2.24, 2.45) is 5.92 Å². The smallest absolute Gasteiger partial charge is 0.212 e. The highest BCUT2D eigenvalue weighted by Crippen LogP contribution is 2.32. The third-order valence-electron chi connectivity index (χ3n) is 3.18. The fourth-order valence-corrected chi connectivity index (χ4v) is 2.90. The summed E-state index contributed by atoms with van der Waals surface area (Å²) in [7, 11) is -3.29. The Morgan fingerprint density at radius 2 is 1.94 bits per heavy atom. The number of aryl methyl sites for hydroxylation is 1. The molecule has 0 bridgehead atoms. The maximum Gasteiger partial charge on any atom is 0.212 e. The van der Waals surface area contributed by atoms with Gasteiger partial charge in [-0.05, 0) is 30.7 Å². The van der Waals surface area contributed by atoms with E-state index in [1.807, 2.05) is 30.3 Å². The molecule has 0 aliphatic heterocycles. The Labute approximate surface area is 108 Å². The van der Waals surface area contributed by atoms with Gasteiger partial charge in [0.2, 0.25) is 10.0 Å². The summed E-state index contributed by atoms with van der Waals surface area (Å²) in [5.41, 5.74) is 1.01. The lowest BCUT2D eigenvalue weighted by atomic mass is 10.2. The number of sulfonamides is 1. The Bertz CT molecular complexity index is 468. The molecule has 18 heavy (non-hydrogen) atoms. The van der Waals surface area contributed by atoms with Gasteiger partial charge in [0.05, 0.1) is 11.9 Å². The van der Waals surface area contributed by atoms with Crippen LogP contribution in [0.15, 0.2) is 30.3 Å². The van der Waals surface area contributed by atoms with Gasteiger partial charge in [-0.3, -0.25) is 0 Å². The number of benzene rings is 1. The third kappa shape index (κ3) is 4.40. The van der Waals surface area contributed by atoms with Gasteiger partial charge in [-0.1, -0.05) is 30.3 Å². The van der Waals surface area contributed by atoms with Gasteiger partial charge in [0, 0.05) is 6.54 Å². The molecule has 1 saturated carbocycles. The Balaban J connectivity index is 1.76. The van der Waals surface area contributed by atoms with Gasteiger partial charge in [0.1, 0.15) is 0 Å². The maximum absolute atomic E-state index is 11.7. The van der Waals surface area contributed by atoms with Gasteiger partial charge in [0.15, 0.2) is 0 Å². The maximum atomic E-state index is 11.7. The van der Waals surface area contributed by atoms with Crippen molar-refractivity contribution >= 4 is 10.0 Å². The second-order valence-electron chi connectivity index (χ2n) is 4.81. The van der Waals surface area contributed by atoms with Crippen molar-refractivity contribution in [3.63, 3.8) is 0 Å². The average molecular weight is 269 g/mol. The van der Waals surface area contributed by atoms with Gasteiger partial charge >= 0.3 is 0 Å². The highest BCUT2D eigenvalue weighted by atomic mass is 32.2. The summed E-state index contributed by atoms with van der Waals surface area (Å²) in [6.45, 7) is 0.141. The van der Waals surface area contributed by atoms with Crippen LogP contribution in [-0.4, -0.2) is 31.9 Å². The first-order valence-electron chi connectivity index (χ1n) is 6.26. The fourth-order valence-electron chi connectivity index (χ4n) is 1.83. The largest absolute Gasteiger partial charge is 0.391 e. The molecule has 2 N–H and O–H groups in total. The second-order valence-corrected chi connectivity index (χ2v) is 6.73. The number of hydrogen-bond donors (Lipinski definition) is 2. The van der Waals surface area contributed by atoms with E-state index in [-0.39, 0.29) is 12.3 Å². The molecule has 0 amide bonds. The van der Waals surface area contributed by atoms with Crippen LogP contribution in [0, 0.1) is 5.92 Å². The molecule has 1 aliphatic carbocycles. The Hall–Kier alpha value is -0.910. The normalized spacial score (nSPS) is 17.6. The van der Waals surface area contributed by atoms with E-state index in [1.165, 1.54) is 0 Å². The van der Waals surface area contributed by atoms with Crippen LogP contribution in [0.5, 0.6) is 0 Å². The number of rotatable bonds is 7. The van der Waals surface area contributed by atoms with Crippen LogP contribution in [0.3, 0.4) is 0 Å². The van der Waals surface area contributed by atoms with Crippen molar-refractivity contribution in [2.45, 2.75) is 25.4 Å². The van der Waals surface area contributed by atoms with Crippen LogP contribution in [0.4, 0.5) is 0 Å². The lowest BCUT2D eigenvalue weighted by molar-refractivity contribution is 0.155. The molecule has 5 heteroatoms. The molecule has 1 fully saturated rings. The minimum absolute atomic E-state index is 0.0639. The van der Waals surface area contributed by atoms with E-state index in [1.54, 1.807) is 0 Å². The molecule has 1 atom stereocenters. The number of aliphatic hydroxyl groups excluding tert-OH is 1. The first-order chi connectivity index (χ1) is 8.57. The summed E-state index contributed by atoms with van der Waals surface area (Å²) in [6.07, 6.45) is 1.98. The summed E-state index contributed by atoms with van der Waals surface area (Å²) < 4.78 is 25.9. The fraction of sp³-hybridized carbons (Fsp3) is 0.538. The Morgan fingerprint density at radius 3 is 2.56 bits per heavy atom. The standard InChI is InChI=1S/C13H19NO3S/c15-13(12-6-7-12)10-14-18(16,17)9-8-11-4-2-1-3-5-11/h1-5,12-15H,6-10H2. The van der Waals surface area contributed by atoms with Gasteiger partial charge in [0.25, 0.3) is 0 Å². The molecule has 0 saturated heterocycles. The zero-order valence-electron chi connectivity index (χ0n) is 10.2. The molecule has 0 spiro atoms. The monoisotopic (exact) mass is 269 g/mol. The van der Waals surface area contributed by atoms with Gasteiger partial charge in [-0.15, -0.1) is 0 Å². The quantitative estimate of drug-likeness (QED) is 0.773. The predicted molar refractivity (Wildman–Crippen MR) is 70.7 cm³/mol. The molecule has 100 valence electrons. The van der Waals surface area contributed by atoms with E-state index in [0.29, 0.717) is 12.3 Å². The molecule has 1 aromatic rings. The predicted octanol–water partition coefficient (Wildman–Crippen LogP) is 0.919. The molecule has 1 aliphatic rings. The van der Waals surface area contributed by atoms with E-state index in [4.69, 9.17) is 0 Å². The number of aliphatic hydroxyl groups is 1. The highest BCUT2D eigenvalue weighted by molar-refractivity contribution is 7.89. The Kier molecular flexibility index (Phi) is 4.37. The zero-order valence-corrected chi connectivity index (χ0v) is 11.1. The zero-order chi connectivity index (χ0) is 13.0. The SMILES string of the molecule is O=S(=O)(CCc1ccccc1)NCC(O)C1CC1. The lowest BCUT2D eigenvalue weighted by Crippen LogP contribution is -2.35. The van der Waals surface area contributed by atoms with E-state index in [2.05, 4.69) is 4.72 Å². The van der Waals surface area contributed by atoms with Crippen LogP contribution in [-0.2, 0) is 16.4 Å². The van der Waals surface area contributed by atoms with Gasteiger partial charge < -0.3 is 5.11 Å². The highest BCUT2D eigenvalue weighted by Gasteiger charge is 2.30. The summed E-state index contributed by atoms with van der Waals surface area (Å²) in [5.74, 6) is 0.357. The molecule has 1 unspecified atom stereocenters. The van der Waals surface area contributed by atoms with Crippen molar-refractivity contribution < 1.29 is 13.5 Å². The molecule has 4 nitrogen and oxygen atoms in total. The molecule has 0 radical (unpaired) electrons. The summed E-state index contributed by atoms with van der Waals surface area (Å²) >= 11 is 0. The first kappa shape index (κ1) is 13.5. The van der Waals surface area contributed by atoms with Crippen molar-refractivity contribution in [3.05, 3.63) is 35.9 Å².